The third kappa shape index (κ3) is 7.58. The minimum atomic E-state index is -0.244. The maximum Gasteiger partial charge on any atom is 0.0544 e. The number of hydrogen-bond donors (Lipinski definition) is 0. The van der Waals surface area contributed by atoms with Crippen molar-refractivity contribution in [2.75, 3.05) is 4.90 Å². The number of rotatable bonds is 9. The summed E-state index contributed by atoms with van der Waals surface area (Å²) < 4.78 is 2.43. The van der Waals surface area contributed by atoms with Gasteiger partial charge in [0.15, 0.2) is 0 Å². The van der Waals surface area contributed by atoms with E-state index in [1.807, 2.05) is 0 Å². The van der Waals surface area contributed by atoms with Gasteiger partial charge in [-0.1, -0.05) is 220 Å². The smallest absolute Gasteiger partial charge is 0.0544 e. The van der Waals surface area contributed by atoms with Crippen LogP contribution in [0.1, 0.15) is 62.5 Å². The van der Waals surface area contributed by atoms with Crippen molar-refractivity contribution in [2.45, 2.75) is 56.8 Å². The van der Waals surface area contributed by atoms with Gasteiger partial charge in [-0.2, -0.15) is 0 Å². The van der Waals surface area contributed by atoms with E-state index < -0.39 is 0 Å². The molecular formula is C69H56N2. The highest BCUT2D eigenvalue weighted by Crippen LogP contribution is 2.48. The van der Waals surface area contributed by atoms with Crippen LogP contribution in [0.3, 0.4) is 0 Å². The van der Waals surface area contributed by atoms with Crippen molar-refractivity contribution in [3.8, 4) is 39.1 Å². The molecule has 2 nitrogen and oxygen atoms in total. The fourth-order valence-corrected chi connectivity index (χ4v) is 12.2. The molecule has 11 aromatic rings. The maximum absolute atomic E-state index is 2.52. The van der Waals surface area contributed by atoms with E-state index >= 15 is 0 Å². The fourth-order valence-electron chi connectivity index (χ4n) is 12.2. The lowest BCUT2D eigenvalue weighted by atomic mass is 9.75. The Morgan fingerprint density at radius 3 is 1.86 bits per heavy atom. The fraction of sp³-hybridized carbons (Fsp3) is 0.130. The maximum atomic E-state index is 2.52. The summed E-state index contributed by atoms with van der Waals surface area (Å²) in [6, 6.07) is 83.2. The van der Waals surface area contributed by atoms with Crippen LogP contribution in [0.2, 0.25) is 0 Å². The summed E-state index contributed by atoms with van der Waals surface area (Å²) in [6.45, 7) is 2.42. The molecule has 1 aromatic heterocycles. The van der Waals surface area contributed by atoms with Gasteiger partial charge >= 0.3 is 0 Å². The van der Waals surface area contributed by atoms with Crippen LogP contribution in [0.15, 0.2) is 248 Å². The lowest BCUT2D eigenvalue weighted by Gasteiger charge is -2.35. The van der Waals surface area contributed by atoms with Gasteiger partial charge in [0.05, 0.1) is 16.7 Å². The van der Waals surface area contributed by atoms with Crippen molar-refractivity contribution in [3.05, 3.63) is 260 Å². The molecule has 0 saturated heterocycles. The zero-order valence-electron chi connectivity index (χ0n) is 40.3. The zero-order chi connectivity index (χ0) is 47.3. The van der Waals surface area contributed by atoms with E-state index in [1.54, 1.807) is 0 Å². The molecule has 2 aliphatic carbocycles. The van der Waals surface area contributed by atoms with E-state index in [0.717, 1.165) is 12.1 Å². The summed E-state index contributed by atoms with van der Waals surface area (Å²) in [4.78, 5) is 2.52. The highest BCUT2D eigenvalue weighted by molar-refractivity contribution is 6.11. The molecule has 1 saturated carbocycles. The Labute approximate surface area is 417 Å². The number of fused-ring (bicyclic) bond motifs is 5. The molecule has 1 unspecified atom stereocenters. The van der Waals surface area contributed by atoms with Crippen LogP contribution in [0.4, 0.5) is 11.4 Å². The minimum absolute atomic E-state index is 0.244. The van der Waals surface area contributed by atoms with Gasteiger partial charge in [-0.3, -0.25) is 0 Å². The Bertz CT molecular complexity index is 3820. The Balaban J connectivity index is 0.920. The van der Waals surface area contributed by atoms with Gasteiger partial charge in [-0.15, -0.1) is 0 Å². The van der Waals surface area contributed by atoms with Crippen molar-refractivity contribution in [1.82, 2.24) is 4.57 Å². The van der Waals surface area contributed by atoms with Gasteiger partial charge < -0.3 is 9.47 Å². The second kappa shape index (κ2) is 18.0. The third-order valence-electron chi connectivity index (χ3n) is 15.8. The Hall–Kier alpha value is -8.20. The first-order chi connectivity index (χ1) is 35.1. The quantitative estimate of drug-likeness (QED) is 0.140. The first kappa shape index (κ1) is 42.9. The molecule has 0 spiro atoms. The number of aromatic nitrogens is 1. The number of allylic oxidation sites excluding steroid dienone is 3. The largest absolute Gasteiger partial charge is 0.310 e. The molecule has 2 heteroatoms. The summed E-state index contributed by atoms with van der Waals surface area (Å²) in [5, 5.41) is 7.87. The number of para-hydroxylation sites is 3. The number of hydrogen-bond acceptors (Lipinski definition) is 1. The van der Waals surface area contributed by atoms with Gasteiger partial charge in [0, 0.05) is 38.8 Å². The molecule has 1 fully saturated rings. The second-order valence-electron chi connectivity index (χ2n) is 20.1. The third-order valence-corrected chi connectivity index (χ3v) is 15.8. The average molecular weight is 913 g/mol. The summed E-state index contributed by atoms with van der Waals surface area (Å²) in [5.41, 5.74) is 17.2. The topological polar surface area (TPSA) is 8.17 Å². The van der Waals surface area contributed by atoms with Crippen LogP contribution < -0.4 is 4.90 Å². The highest BCUT2D eigenvalue weighted by atomic mass is 15.1. The molecule has 1 atom stereocenters. The van der Waals surface area contributed by atoms with E-state index in [-0.39, 0.29) is 5.41 Å². The van der Waals surface area contributed by atoms with Crippen LogP contribution in [0, 0.1) is 0 Å². The molecular weight excluding hydrogens is 857 g/mol. The normalized spacial score (nSPS) is 16.2. The number of nitrogens with zero attached hydrogens (tertiary/aromatic N) is 2. The van der Waals surface area contributed by atoms with Gasteiger partial charge in [0.25, 0.3) is 0 Å². The van der Waals surface area contributed by atoms with Crippen molar-refractivity contribution in [2.24, 2.45) is 0 Å². The predicted molar refractivity (Wildman–Crippen MR) is 302 cm³/mol. The van der Waals surface area contributed by atoms with Gasteiger partial charge in [-0.25, -0.2) is 0 Å². The lowest BCUT2D eigenvalue weighted by molar-refractivity contribution is 0.445. The van der Waals surface area contributed by atoms with E-state index in [2.05, 4.69) is 259 Å². The van der Waals surface area contributed by atoms with Crippen molar-refractivity contribution < 1.29 is 0 Å². The van der Waals surface area contributed by atoms with Crippen LogP contribution >= 0.6 is 0 Å². The van der Waals surface area contributed by atoms with Crippen LogP contribution in [-0.4, -0.2) is 4.57 Å². The molecule has 71 heavy (non-hydrogen) atoms. The SMILES string of the molecule is CC1(c2cccc3c2c2ccccc2n3-c2ccccc2)C=CC(N(c2ccc(-c3ccc(-c4cccc5ccccc45)cc3)cc2)c2ccccc2-c2cccc3cccc(C4CCCCC4)c23)=CC1. The van der Waals surface area contributed by atoms with Gasteiger partial charge in [0.2, 0.25) is 0 Å². The molecule has 2 aliphatic rings. The molecule has 0 radical (unpaired) electrons. The molecule has 0 bridgehead atoms. The average Bonchev–Trinajstić information content (AvgIpc) is 3.79. The Kier molecular flexibility index (Phi) is 10.8. The summed E-state index contributed by atoms with van der Waals surface area (Å²) >= 11 is 0. The van der Waals surface area contributed by atoms with Gasteiger partial charge in [-0.05, 0) is 134 Å². The summed E-state index contributed by atoms with van der Waals surface area (Å²) in [5.74, 6) is 0.582. The molecule has 342 valence electrons. The van der Waals surface area contributed by atoms with Crippen LogP contribution in [0.25, 0.3) is 82.4 Å². The summed E-state index contributed by atoms with van der Waals surface area (Å²) in [6.07, 6.45) is 14.7. The molecule has 0 amide bonds. The van der Waals surface area contributed by atoms with E-state index in [9.17, 15) is 0 Å². The summed E-state index contributed by atoms with van der Waals surface area (Å²) in [7, 11) is 0. The second-order valence-corrected chi connectivity index (χ2v) is 20.1. The van der Waals surface area contributed by atoms with Gasteiger partial charge in [0.1, 0.15) is 0 Å². The zero-order valence-corrected chi connectivity index (χ0v) is 40.3. The first-order valence-corrected chi connectivity index (χ1v) is 25.7. The molecule has 1 heterocycles. The first-order valence-electron chi connectivity index (χ1n) is 25.7. The predicted octanol–water partition coefficient (Wildman–Crippen LogP) is 19.1. The number of anilines is 2. The monoisotopic (exact) mass is 912 g/mol. The number of benzene rings is 10. The van der Waals surface area contributed by atoms with Crippen molar-refractivity contribution >= 4 is 54.7 Å². The van der Waals surface area contributed by atoms with Crippen LogP contribution in [0.5, 0.6) is 0 Å². The molecule has 0 N–H and O–H groups in total. The van der Waals surface area contributed by atoms with Crippen LogP contribution in [-0.2, 0) is 5.41 Å². The highest BCUT2D eigenvalue weighted by Gasteiger charge is 2.31. The Morgan fingerprint density at radius 1 is 0.465 bits per heavy atom. The van der Waals surface area contributed by atoms with Crippen molar-refractivity contribution in [1.29, 1.82) is 0 Å². The molecule has 13 rings (SSSR count). The molecule has 10 aromatic carbocycles. The standard InChI is InChI=1S/C69H56N2/c1-69(63-32-17-35-66-68(63)62-28-11-13-34-65(62)71(66)54-24-6-3-7-25-54)46-44-56(45-47-69)70(55-42-40-49(41-43-55)48-36-38-52(39-37-48)58-29-14-21-50-20-8-9-26-57(50)58)64-33-12-10-27-60(64)61-31-16-23-53-22-15-30-59(67(53)61)51-18-4-2-5-19-51/h3,6-17,20-46,51H,2,4-5,18-19,47H2,1H3. The molecule has 0 aliphatic heterocycles. The van der Waals surface area contributed by atoms with E-state index in [0.29, 0.717) is 5.92 Å². The Morgan fingerprint density at radius 2 is 1.07 bits per heavy atom. The minimum Gasteiger partial charge on any atom is -0.310 e. The lowest BCUT2D eigenvalue weighted by Crippen LogP contribution is -2.25. The van der Waals surface area contributed by atoms with E-state index in [1.165, 1.54) is 137 Å². The van der Waals surface area contributed by atoms with E-state index in [4.69, 9.17) is 0 Å². The van der Waals surface area contributed by atoms with Crippen molar-refractivity contribution in [3.63, 3.8) is 0 Å².